The van der Waals surface area contributed by atoms with Crippen LogP contribution in [0.4, 0.5) is 5.69 Å². The Morgan fingerprint density at radius 2 is 1.69 bits per heavy atom. The number of aryl methyl sites for hydroxylation is 1. The van der Waals surface area contributed by atoms with Gasteiger partial charge in [-0.25, -0.2) is 0 Å². The van der Waals surface area contributed by atoms with E-state index in [1.165, 1.54) is 12.0 Å². The molecule has 0 aliphatic heterocycles. The molecule has 0 bridgehead atoms. The molecule has 0 atom stereocenters. The lowest BCUT2D eigenvalue weighted by Crippen LogP contribution is -2.28. The van der Waals surface area contributed by atoms with E-state index in [9.17, 15) is 0 Å². The van der Waals surface area contributed by atoms with Crippen molar-refractivity contribution in [1.29, 1.82) is 0 Å². The Bertz CT molecular complexity index is 312. The summed E-state index contributed by atoms with van der Waals surface area (Å²) in [6.45, 7) is 5.77. The van der Waals surface area contributed by atoms with Gasteiger partial charge in [-0.05, 0) is 50.0 Å². The van der Waals surface area contributed by atoms with Crippen LogP contribution >= 0.6 is 0 Å². The number of benzene rings is 1. The van der Waals surface area contributed by atoms with Crippen LogP contribution in [0.15, 0.2) is 24.3 Å². The number of anilines is 1. The lowest BCUT2D eigenvalue weighted by Gasteiger charge is -2.28. The van der Waals surface area contributed by atoms with Crippen LogP contribution in [-0.4, -0.2) is 25.5 Å². The van der Waals surface area contributed by atoms with E-state index in [2.05, 4.69) is 45.0 Å². The van der Waals surface area contributed by atoms with E-state index in [4.69, 9.17) is 5.73 Å². The van der Waals surface area contributed by atoms with Crippen LogP contribution in [0.25, 0.3) is 0 Å². The van der Waals surface area contributed by atoms with Crippen molar-refractivity contribution in [3.05, 3.63) is 29.8 Å². The molecule has 0 heterocycles. The summed E-state index contributed by atoms with van der Waals surface area (Å²) in [4.78, 5) is 2.25. The minimum Gasteiger partial charge on any atom is -0.399 e. The van der Waals surface area contributed by atoms with Gasteiger partial charge in [-0.3, -0.25) is 0 Å². The molecule has 0 aliphatic carbocycles. The van der Waals surface area contributed by atoms with Crippen LogP contribution in [0.1, 0.15) is 25.8 Å². The van der Waals surface area contributed by atoms with Gasteiger partial charge >= 0.3 is 0 Å². The monoisotopic (exact) mass is 220 g/mol. The summed E-state index contributed by atoms with van der Waals surface area (Å²) in [5.41, 5.74) is 8.25. The topological polar surface area (TPSA) is 29.3 Å². The van der Waals surface area contributed by atoms with Gasteiger partial charge < -0.3 is 10.6 Å². The zero-order valence-electron chi connectivity index (χ0n) is 11.0. The Morgan fingerprint density at radius 1 is 1.12 bits per heavy atom. The molecule has 1 rings (SSSR count). The zero-order chi connectivity index (χ0) is 12.2. The highest BCUT2D eigenvalue weighted by Gasteiger charge is 2.18. The van der Waals surface area contributed by atoms with E-state index in [-0.39, 0.29) is 0 Å². The van der Waals surface area contributed by atoms with Gasteiger partial charge in [-0.1, -0.05) is 26.0 Å². The fourth-order valence-electron chi connectivity index (χ4n) is 2.10. The predicted octanol–water partition coefficient (Wildman–Crippen LogP) is 2.79. The summed E-state index contributed by atoms with van der Waals surface area (Å²) in [7, 11) is 4.26. The van der Waals surface area contributed by atoms with Crippen LogP contribution in [-0.2, 0) is 6.42 Å². The number of nitrogens with zero attached hydrogens (tertiary/aromatic N) is 1. The van der Waals surface area contributed by atoms with E-state index < -0.39 is 0 Å². The van der Waals surface area contributed by atoms with Crippen molar-refractivity contribution in [2.75, 3.05) is 26.4 Å². The van der Waals surface area contributed by atoms with Crippen LogP contribution in [0.3, 0.4) is 0 Å². The first-order chi connectivity index (χ1) is 7.39. The molecule has 1 aromatic carbocycles. The van der Waals surface area contributed by atoms with Gasteiger partial charge in [0.25, 0.3) is 0 Å². The molecule has 0 unspecified atom stereocenters. The predicted molar refractivity (Wildman–Crippen MR) is 71.5 cm³/mol. The molecule has 2 N–H and O–H groups in total. The van der Waals surface area contributed by atoms with Crippen molar-refractivity contribution < 1.29 is 0 Å². The average Bonchev–Trinajstić information content (AvgIpc) is 2.15. The van der Waals surface area contributed by atoms with Gasteiger partial charge in [0.05, 0.1) is 0 Å². The number of rotatable bonds is 5. The normalized spacial score (nSPS) is 12.1. The second-order valence-corrected chi connectivity index (χ2v) is 5.64. The summed E-state index contributed by atoms with van der Waals surface area (Å²) < 4.78 is 0. The molecule has 0 saturated heterocycles. The maximum Gasteiger partial charge on any atom is 0.0314 e. The molecule has 90 valence electrons. The highest BCUT2D eigenvalue weighted by atomic mass is 15.1. The van der Waals surface area contributed by atoms with Gasteiger partial charge in [0, 0.05) is 12.2 Å². The van der Waals surface area contributed by atoms with Crippen molar-refractivity contribution >= 4 is 5.69 Å². The Labute approximate surface area is 99.5 Å². The summed E-state index contributed by atoms with van der Waals surface area (Å²) in [5.74, 6) is 0. The van der Waals surface area contributed by atoms with E-state index >= 15 is 0 Å². The quantitative estimate of drug-likeness (QED) is 0.773. The van der Waals surface area contributed by atoms with Crippen LogP contribution in [0.5, 0.6) is 0 Å². The first-order valence-corrected chi connectivity index (χ1v) is 5.88. The molecule has 16 heavy (non-hydrogen) atoms. The van der Waals surface area contributed by atoms with Crippen molar-refractivity contribution in [2.24, 2.45) is 5.41 Å². The average molecular weight is 220 g/mol. The van der Waals surface area contributed by atoms with Gasteiger partial charge in [0.2, 0.25) is 0 Å². The minimum atomic E-state index is 0.366. The molecule has 0 aromatic heterocycles. The number of nitrogen functional groups attached to an aromatic ring is 1. The fourth-order valence-corrected chi connectivity index (χ4v) is 2.10. The molecule has 0 amide bonds. The third kappa shape index (κ3) is 4.67. The SMILES string of the molecule is CN(C)CC(C)(C)CCc1ccc(N)cc1. The Kier molecular flexibility index (Phi) is 4.36. The van der Waals surface area contributed by atoms with E-state index in [0.717, 1.165) is 18.7 Å². The van der Waals surface area contributed by atoms with Crippen LogP contribution < -0.4 is 5.73 Å². The lowest BCUT2D eigenvalue weighted by molar-refractivity contribution is 0.226. The summed E-state index contributed by atoms with van der Waals surface area (Å²) >= 11 is 0. The number of hydrogen-bond donors (Lipinski definition) is 1. The molecule has 0 spiro atoms. The van der Waals surface area contributed by atoms with Crippen molar-refractivity contribution in [3.63, 3.8) is 0 Å². The molecule has 2 heteroatoms. The largest absolute Gasteiger partial charge is 0.399 e. The first kappa shape index (κ1) is 13.0. The van der Waals surface area contributed by atoms with Crippen molar-refractivity contribution in [1.82, 2.24) is 4.90 Å². The van der Waals surface area contributed by atoms with Gasteiger partial charge in [0.15, 0.2) is 0 Å². The standard InChI is InChI=1S/C14H24N2/c1-14(2,11-16(3)4)10-9-12-5-7-13(15)8-6-12/h5-8H,9-11,15H2,1-4H3. The molecular formula is C14H24N2. The third-order valence-electron chi connectivity index (χ3n) is 2.81. The van der Waals surface area contributed by atoms with E-state index in [0.29, 0.717) is 5.41 Å². The first-order valence-electron chi connectivity index (χ1n) is 5.88. The van der Waals surface area contributed by atoms with Crippen LogP contribution in [0, 0.1) is 5.41 Å². The van der Waals surface area contributed by atoms with Gasteiger partial charge in [-0.2, -0.15) is 0 Å². The van der Waals surface area contributed by atoms with Crippen molar-refractivity contribution in [3.8, 4) is 0 Å². The second-order valence-electron chi connectivity index (χ2n) is 5.64. The molecule has 0 saturated carbocycles. The van der Waals surface area contributed by atoms with E-state index in [1.807, 2.05) is 12.1 Å². The number of nitrogens with two attached hydrogens (primary N) is 1. The summed E-state index contributed by atoms with van der Waals surface area (Å²) in [6, 6.07) is 8.21. The highest BCUT2D eigenvalue weighted by Crippen LogP contribution is 2.23. The molecule has 0 fully saturated rings. The Balaban J connectivity index is 2.47. The van der Waals surface area contributed by atoms with E-state index in [1.54, 1.807) is 0 Å². The molecular weight excluding hydrogens is 196 g/mol. The molecule has 2 nitrogen and oxygen atoms in total. The Hall–Kier alpha value is -1.02. The van der Waals surface area contributed by atoms with Crippen LogP contribution in [0.2, 0.25) is 0 Å². The fraction of sp³-hybridized carbons (Fsp3) is 0.571. The maximum atomic E-state index is 5.67. The third-order valence-corrected chi connectivity index (χ3v) is 2.81. The summed E-state index contributed by atoms with van der Waals surface area (Å²) in [5, 5.41) is 0. The molecule has 0 radical (unpaired) electrons. The molecule has 0 aliphatic rings. The highest BCUT2D eigenvalue weighted by molar-refractivity contribution is 5.39. The van der Waals surface area contributed by atoms with Crippen molar-refractivity contribution in [2.45, 2.75) is 26.7 Å². The zero-order valence-corrected chi connectivity index (χ0v) is 11.0. The maximum absolute atomic E-state index is 5.67. The Morgan fingerprint density at radius 3 is 2.19 bits per heavy atom. The molecule has 1 aromatic rings. The van der Waals surface area contributed by atoms with Gasteiger partial charge in [0.1, 0.15) is 0 Å². The second kappa shape index (κ2) is 5.35. The lowest BCUT2D eigenvalue weighted by atomic mass is 9.86. The van der Waals surface area contributed by atoms with Gasteiger partial charge in [-0.15, -0.1) is 0 Å². The minimum absolute atomic E-state index is 0.366. The summed E-state index contributed by atoms with van der Waals surface area (Å²) in [6.07, 6.45) is 2.33. The number of hydrogen-bond acceptors (Lipinski definition) is 2. The smallest absolute Gasteiger partial charge is 0.0314 e.